The van der Waals surface area contributed by atoms with Gasteiger partial charge in [-0.05, 0) is 43.7 Å². The largest absolute Gasteiger partial charge is 0.313 e. The van der Waals surface area contributed by atoms with Crippen molar-refractivity contribution in [3.8, 4) is 0 Å². The maximum absolute atomic E-state index is 12.4. The van der Waals surface area contributed by atoms with Gasteiger partial charge in [-0.3, -0.25) is 4.79 Å². The number of hydrogen-bond donors (Lipinski definition) is 1. The van der Waals surface area contributed by atoms with Crippen LogP contribution < -0.4 is 9.94 Å². The SMILES string of the molecule is C=CCn1c(=NC(=O)CCCS(=O)(=O)c2ccc(C)cc2)sc2cc(S(N)(=O)=O)ccc21. The monoisotopic (exact) mass is 493 g/mol. The zero-order valence-electron chi connectivity index (χ0n) is 17.4. The standard InChI is InChI=1S/C21H23N3O5S3/c1-3-12-24-18-11-10-17(32(22,28)29)14-19(18)30-21(24)23-20(25)5-4-13-31(26,27)16-8-6-15(2)7-9-16/h3,6-11,14H,1,4-5,12-13H2,2H3,(H2,22,28,29). The van der Waals surface area contributed by atoms with Crippen LogP contribution in [0.4, 0.5) is 0 Å². The van der Waals surface area contributed by atoms with Crippen LogP contribution in [0.25, 0.3) is 10.2 Å². The van der Waals surface area contributed by atoms with Crippen LogP contribution in [0.15, 0.2) is 69.9 Å². The lowest BCUT2D eigenvalue weighted by atomic mass is 10.2. The molecule has 0 atom stereocenters. The molecule has 3 aromatic rings. The smallest absolute Gasteiger partial charge is 0.248 e. The van der Waals surface area contributed by atoms with Crippen LogP contribution in [0, 0.1) is 6.92 Å². The summed E-state index contributed by atoms with van der Waals surface area (Å²) in [5, 5.41) is 5.20. The highest BCUT2D eigenvalue weighted by Crippen LogP contribution is 2.21. The second-order valence-corrected chi connectivity index (χ2v) is 11.9. The number of allylic oxidation sites excluding steroid dienone is 1. The van der Waals surface area contributed by atoms with Gasteiger partial charge in [-0.15, -0.1) is 6.58 Å². The number of carbonyl (C=O) groups is 1. The van der Waals surface area contributed by atoms with Gasteiger partial charge < -0.3 is 4.57 Å². The Balaban J connectivity index is 1.81. The van der Waals surface area contributed by atoms with Gasteiger partial charge in [0.25, 0.3) is 0 Å². The van der Waals surface area contributed by atoms with Crippen LogP contribution in [0.3, 0.4) is 0 Å². The Morgan fingerprint density at radius 1 is 1.12 bits per heavy atom. The van der Waals surface area contributed by atoms with Crippen molar-refractivity contribution in [3.63, 3.8) is 0 Å². The molecule has 2 aromatic carbocycles. The Bertz CT molecular complexity index is 1450. The van der Waals surface area contributed by atoms with Crippen LogP contribution in [-0.2, 0) is 31.2 Å². The van der Waals surface area contributed by atoms with E-state index in [0.717, 1.165) is 16.9 Å². The zero-order chi connectivity index (χ0) is 23.5. The summed E-state index contributed by atoms with van der Waals surface area (Å²) in [4.78, 5) is 17.1. The van der Waals surface area contributed by atoms with Crippen LogP contribution >= 0.6 is 11.3 Å². The summed E-state index contributed by atoms with van der Waals surface area (Å²) in [6.07, 6.45) is 1.74. The van der Waals surface area contributed by atoms with Gasteiger partial charge in [0.2, 0.25) is 15.9 Å². The summed E-state index contributed by atoms with van der Waals surface area (Å²) in [6.45, 7) is 5.94. The average molecular weight is 494 g/mol. The summed E-state index contributed by atoms with van der Waals surface area (Å²) < 4.78 is 50.5. The van der Waals surface area contributed by atoms with E-state index in [2.05, 4.69) is 11.6 Å². The van der Waals surface area contributed by atoms with Gasteiger partial charge in [0.05, 0.1) is 25.8 Å². The normalized spacial score (nSPS) is 12.9. The fourth-order valence-corrected chi connectivity index (χ4v) is 6.08. The van der Waals surface area contributed by atoms with Gasteiger partial charge in [-0.25, -0.2) is 22.0 Å². The lowest BCUT2D eigenvalue weighted by Crippen LogP contribution is -2.16. The van der Waals surface area contributed by atoms with Crippen molar-refractivity contribution in [2.45, 2.75) is 36.1 Å². The molecule has 32 heavy (non-hydrogen) atoms. The fraction of sp³-hybridized carbons (Fsp3) is 0.238. The number of carbonyl (C=O) groups excluding carboxylic acids is 1. The molecule has 0 fully saturated rings. The minimum absolute atomic E-state index is 0.0313. The van der Waals surface area contributed by atoms with Crippen molar-refractivity contribution in [1.82, 2.24) is 4.57 Å². The van der Waals surface area contributed by atoms with Crippen molar-refractivity contribution in [1.29, 1.82) is 0 Å². The molecule has 0 spiro atoms. The van der Waals surface area contributed by atoms with Gasteiger partial charge in [0.15, 0.2) is 14.6 Å². The van der Waals surface area contributed by atoms with E-state index in [1.165, 1.54) is 12.1 Å². The first-order chi connectivity index (χ1) is 15.0. The third-order valence-corrected chi connectivity index (χ3v) is 8.47. The van der Waals surface area contributed by atoms with E-state index in [-0.39, 0.29) is 28.4 Å². The third-order valence-electron chi connectivity index (χ3n) is 4.70. The predicted molar refractivity (Wildman–Crippen MR) is 124 cm³/mol. The minimum Gasteiger partial charge on any atom is -0.313 e. The number of benzene rings is 2. The number of hydrogen-bond acceptors (Lipinski definition) is 6. The van der Waals surface area contributed by atoms with E-state index in [1.54, 1.807) is 41.0 Å². The maximum Gasteiger partial charge on any atom is 0.248 e. The Hall–Kier alpha value is -2.60. The lowest BCUT2D eigenvalue weighted by Gasteiger charge is -2.04. The maximum atomic E-state index is 12.4. The number of nitrogens with zero attached hydrogens (tertiary/aromatic N) is 2. The molecular weight excluding hydrogens is 470 g/mol. The lowest BCUT2D eigenvalue weighted by molar-refractivity contribution is -0.118. The van der Waals surface area contributed by atoms with E-state index in [9.17, 15) is 21.6 Å². The molecule has 170 valence electrons. The van der Waals surface area contributed by atoms with Crippen molar-refractivity contribution < 1.29 is 21.6 Å². The molecule has 1 amide bonds. The molecule has 0 aliphatic carbocycles. The first-order valence-electron chi connectivity index (χ1n) is 9.65. The van der Waals surface area contributed by atoms with Gasteiger partial charge in [0.1, 0.15) is 0 Å². The number of rotatable bonds is 8. The number of primary sulfonamides is 1. The molecular formula is C21H23N3O5S3. The molecule has 1 heterocycles. The summed E-state index contributed by atoms with van der Waals surface area (Å²) in [6, 6.07) is 11.0. The van der Waals surface area contributed by atoms with Crippen LogP contribution in [0.2, 0.25) is 0 Å². The topological polar surface area (TPSA) is 129 Å². The first kappa shape index (κ1) is 24.1. The number of fused-ring (bicyclic) bond motifs is 1. The van der Waals surface area contributed by atoms with Crippen LogP contribution in [0.5, 0.6) is 0 Å². The fourth-order valence-electron chi connectivity index (χ4n) is 3.06. The third kappa shape index (κ3) is 5.60. The highest BCUT2D eigenvalue weighted by atomic mass is 32.2. The van der Waals surface area contributed by atoms with Gasteiger partial charge in [-0.2, -0.15) is 4.99 Å². The number of sulfonamides is 1. The Morgan fingerprint density at radius 2 is 1.78 bits per heavy atom. The highest BCUT2D eigenvalue weighted by molar-refractivity contribution is 7.91. The van der Waals surface area contributed by atoms with E-state index in [1.807, 2.05) is 6.92 Å². The second-order valence-electron chi connectivity index (χ2n) is 7.20. The molecule has 11 heteroatoms. The molecule has 0 unspecified atom stereocenters. The molecule has 0 bridgehead atoms. The molecule has 2 N–H and O–H groups in total. The van der Waals surface area contributed by atoms with Gasteiger partial charge in [0, 0.05) is 13.0 Å². The quantitative estimate of drug-likeness (QED) is 0.482. The van der Waals surface area contributed by atoms with Gasteiger partial charge >= 0.3 is 0 Å². The number of sulfone groups is 1. The van der Waals surface area contributed by atoms with Crippen LogP contribution in [0.1, 0.15) is 18.4 Å². The number of nitrogens with two attached hydrogens (primary N) is 1. The zero-order valence-corrected chi connectivity index (χ0v) is 19.8. The first-order valence-corrected chi connectivity index (χ1v) is 13.7. The molecule has 0 radical (unpaired) electrons. The van der Waals surface area contributed by atoms with E-state index >= 15 is 0 Å². The predicted octanol–water partition coefficient (Wildman–Crippen LogP) is 2.53. The summed E-state index contributed by atoms with van der Waals surface area (Å²) in [5.74, 6) is -0.617. The minimum atomic E-state index is -3.86. The van der Waals surface area contributed by atoms with E-state index < -0.39 is 25.8 Å². The average Bonchev–Trinajstić information content (AvgIpc) is 3.04. The molecule has 1 aromatic heterocycles. The van der Waals surface area contributed by atoms with Crippen molar-refractivity contribution >= 4 is 47.3 Å². The number of aryl methyl sites for hydroxylation is 1. The summed E-state index contributed by atoms with van der Waals surface area (Å²) in [7, 11) is -7.34. The Labute approximate surface area is 190 Å². The number of thiazole rings is 1. The van der Waals surface area contributed by atoms with Crippen molar-refractivity contribution in [3.05, 3.63) is 65.5 Å². The number of aromatic nitrogens is 1. The molecule has 3 rings (SSSR count). The molecule has 0 saturated carbocycles. The molecule has 0 aliphatic rings. The molecule has 8 nitrogen and oxygen atoms in total. The van der Waals surface area contributed by atoms with Crippen molar-refractivity contribution in [2.24, 2.45) is 10.1 Å². The highest BCUT2D eigenvalue weighted by Gasteiger charge is 2.16. The Kier molecular flexibility index (Phi) is 7.13. The van der Waals surface area contributed by atoms with Gasteiger partial charge in [-0.1, -0.05) is 35.1 Å². The Morgan fingerprint density at radius 3 is 2.41 bits per heavy atom. The van der Waals surface area contributed by atoms with Crippen molar-refractivity contribution in [2.75, 3.05) is 5.75 Å². The summed E-state index contributed by atoms with van der Waals surface area (Å²) in [5.41, 5.74) is 1.65. The molecule has 0 aliphatic heterocycles. The van der Waals surface area contributed by atoms with Crippen LogP contribution in [-0.4, -0.2) is 33.1 Å². The molecule has 0 saturated heterocycles. The number of amides is 1. The summed E-state index contributed by atoms with van der Waals surface area (Å²) >= 11 is 1.15. The second kappa shape index (κ2) is 9.49. The van der Waals surface area contributed by atoms with E-state index in [4.69, 9.17) is 5.14 Å². The van der Waals surface area contributed by atoms with E-state index in [0.29, 0.717) is 21.6 Å².